The summed E-state index contributed by atoms with van der Waals surface area (Å²) in [4.78, 5) is 27.6. The molecule has 0 aromatic heterocycles. The minimum absolute atomic E-state index is 0.113. The monoisotopic (exact) mass is 440 g/mol. The second kappa shape index (κ2) is 10.8. The molecule has 1 fully saturated rings. The van der Waals surface area contributed by atoms with Crippen LogP contribution in [-0.4, -0.2) is 54.6 Å². The predicted molar refractivity (Wildman–Crippen MR) is 127 cm³/mol. The Hall–Kier alpha value is -3.13. The van der Waals surface area contributed by atoms with Crippen LogP contribution in [0, 0.1) is 0 Å². The number of aryl methyl sites for hydroxylation is 1. The number of hydrogen-bond acceptors (Lipinski definition) is 5. The van der Waals surface area contributed by atoms with Crippen LogP contribution in [0.5, 0.6) is 5.75 Å². The van der Waals surface area contributed by atoms with Crippen molar-refractivity contribution in [3.8, 4) is 5.75 Å². The number of carbonyl (C=O) groups is 2. The summed E-state index contributed by atoms with van der Waals surface area (Å²) in [7, 11) is 0. The van der Waals surface area contributed by atoms with Crippen LogP contribution in [0.1, 0.15) is 19.4 Å². The highest BCUT2D eigenvalue weighted by Crippen LogP contribution is 2.19. The molecule has 0 saturated carbocycles. The zero-order valence-electron chi connectivity index (χ0n) is 17.9. The number of nitrogens with one attached hydrogen (secondary N) is 2. The second-order valence-corrected chi connectivity index (χ2v) is 7.74. The highest BCUT2D eigenvalue weighted by Gasteiger charge is 2.18. The smallest absolute Gasteiger partial charge is 0.264 e. The number of rotatable bonds is 6. The van der Waals surface area contributed by atoms with Gasteiger partial charge >= 0.3 is 0 Å². The highest BCUT2D eigenvalue weighted by atomic mass is 32.1. The predicted octanol–water partition coefficient (Wildman–Crippen LogP) is 2.81. The Balaban J connectivity index is 1.42. The summed E-state index contributed by atoms with van der Waals surface area (Å²) in [6, 6.07) is 15.5. The molecule has 1 heterocycles. The van der Waals surface area contributed by atoms with Gasteiger partial charge in [0, 0.05) is 44.5 Å². The second-order valence-electron chi connectivity index (χ2n) is 7.33. The van der Waals surface area contributed by atoms with Crippen molar-refractivity contribution in [2.24, 2.45) is 0 Å². The molecular formula is C23H28N4O3S. The number of amides is 2. The van der Waals surface area contributed by atoms with Gasteiger partial charge in [-0.1, -0.05) is 19.1 Å². The average molecular weight is 441 g/mol. The fraction of sp³-hybridized carbons (Fsp3) is 0.348. The molecule has 2 aromatic rings. The quantitative estimate of drug-likeness (QED) is 0.673. The van der Waals surface area contributed by atoms with Gasteiger partial charge in [0.2, 0.25) is 5.91 Å². The van der Waals surface area contributed by atoms with Crippen molar-refractivity contribution in [3.05, 3.63) is 54.1 Å². The first-order valence-electron chi connectivity index (χ1n) is 10.4. The van der Waals surface area contributed by atoms with Crippen molar-refractivity contribution in [1.82, 2.24) is 10.2 Å². The number of anilines is 2. The van der Waals surface area contributed by atoms with Crippen LogP contribution in [0.25, 0.3) is 0 Å². The average Bonchev–Trinajstić information content (AvgIpc) is 2.78. The van der Waals surface area contributed by atoms with Crippen molar-refractivity contribution >= 4 is 40.5 Å². The Morgan fingerprint density at radius 2 is 1.65 bits per heavy atom. The third kappa shape index (κ3) is 6.68. The first-order valence-corrected chi connectivity index (χ1v) is 10.8. The molecule has 1 saturated heterocycles. The summed E-state index contributed by atoms with van der Waals surface area (Å²) in [5.74, 6) is 0.442. The normalized spacial score (nSPS) is 13.5. The fourth-order valence-corrected chi connectivity index (χ4v) is 3.56. The fourth-order valence-electron chi connectivity index (χ4n) is 3.33. The van der Waals surface area contributed by atoms with E-state index in [4.69, 9.17) is 17.0 Å². The SMILES string of the molecule is CCc1ccc(OCC(=O)NC(=S)Nc2ccc(N3CCN(C(C)=O)CC3)cc2)cc1. The third-order valence-corrected chi connectivity index (χ3v) is 5.37. The molecule has 0 atom stereocenters. The van der Waals surface area contributed by atoms with E-state index in [-0.39, 0.29) is 23.5 Å². The molecule has 31 heavy (non-hydrogen) atoms. The summed E-state index contributed by atoms with van der Waals surface area (Å²) in [6.07, 6.45) is 0.957. The van der Waals surface area contributed by atoms with Crippen LogP contribution >= 0.6 is 12.2 Å². The molecule has 2 aromatic carbocycles. The van der Waals surface area contributed by atoms with Crippen molar-refractivity contribution in [1.29, 1.82) is 0 Å². The Morgan fingerprint density at radius 1 is 1.00 bits per heavy atom. The maximum absolute atomic E-state index is 12.1. The maximum atomic E-state index is 12.1. The van der Waals surface area contributed by atoms with Gasteiger partial charge < -0.3 is 19.9 Å². The molecule has 1 aliphatic rings. The van der Waals surface area contributed by atoms with Gasteiger partial charge in [-0.3, -0.25) is 14.9 Å². The number of carbonyl (C=O) groups excluding carboxylic acids is 2. The summed E-state index contributed by atoms with van der Waals surface area (Å²) >= 11 is 5.22. The topological polar surface area (TPSA) is 73.9 Å². The van der Waals surface area contributed by atoms with Gasteiger partial charge in [-0.05, 0) is 60.6 Å². The zero-order chi connectivity index (χ0) is 22.2. The van der Waals surface area contributed by atoms with E-state index in [1.165, 1.54) is 5.56 Å². The van der Waals surface area contributed by atoms with Crippen molar-refractivity contribution < 1.29 is 14.3 Å². The van der Waals surface area contributed by atoms with Crippen LogP contribution < -0.4 is 20.3 Å². The van der Waals surface area contributed by atoms with Crippen LogP contribution in [0.15, 0.2) is 48.5 Å². The van der Waals surface area contributed by atoms with Crippen LogP contribution in [-0.2, 0) is 16.0 Å². The number of ether oxygens (including phenoxy) is 1. The molecule has 8 heteroatoms. The van der Waals surface area contributed by atoms with Gasteiger partial charge in [0.1, 0.15) is 5.75 Å². The van der Waals surface area contributed by atoms with Gasteiger partial charge in [0.15, 0.2) is 11.7 Å². The lowest BCUT2D eigenvalue weighted by molar-refractivity contribution is -0.129. The lowest BCUT2D eigenvalue weighted by Gasteiger charge is -2.35. The lowest BCUT2D eigenvalue weighted by atomic mass is 10.2. The van der Waals surface area contributed by atoms with Gasteiger partial charge in [0.05, 0.1) is 0 Å². The number of hydrogen-bond donors (Lipinski definition) is 2. The summed E-state index contributed by atoms with van der Waals surface area (Å²) in [6.45, 7) is 6.66. The molecule has 3 rings (SSSR count). The number of nitrogens with zero attached hydrogens (tertiary/aromatic N) is 2. The minimum atomic E-state index is -0.322. The van der Waals surface area contributed by atoms with Crippen LogP contribution in [0.3, 0.4) is 0 Å². The van der Waals surface area contributed by atoms with Crippen LogP contribution in [0.2, 0.25) is 0 Å². The van der Waals surface area contributed by atoms with Gasteiger partial charge in [0.25, 0.3) is 5.91 Å². The zero-order valence-corrected chi connectivity index (χ0v) is 18.7. The van der Waals surface area contributed by atoms with Crippen LogP contribution in [0.4, 0.5) is 11.4 Å². The van der Waals surface area contributed by atoms with E-state index in [0.717, 1.165) is 44.0 Å². The molecule has 2 amide bonds. The van der Waals surface area contributed by atoms with E-state index in [2.05, 4.69) is 22.5 Å². The van der Waals surface area contributed by atoms with E-state index in [1.54, 1.807) is 6.92 Å². The first kappa shape index (κ1) is 22.6. The summed E-state index contributed by atoms with van der Waals surface area (Å²) < 4.78 is 5.49. The molecule has 0 unspecified atom stereocenters. The molecular weight excluding hydrogens is 412 g/mol. The van der Waals surface area contributed by atoms with E-state index >= 15 is 0 Å². The molecule has 0 radical (unpaired) electrons. The van der Waals surface area contributed by atoms with Crippen molar-refractivity contribution in [2.75, 3.05) is 43.0 Å². The molecule has 2 N–H and O–H groups in total. The molecule has 1 aliphatic heterocycles. The standard InChI is InChI=1S/C23H28N4O3S/c1-3-18-4-10-21(11-5-18)30-16-22(29)25-23(31)24-19-6-8-20(9-7-19)27-14-12-26(13-15-27)17(2)28/h4-11H,3,12-16H2,1-2H3,(H2,24,25,29,31). The third-order valence-electron chi connectivity index (χ3n) is 5.17. The molecule has 0 spiro atoms. The molecule has 164 valence electrons. The van der Waals surface area contributed by atoms with E-state index < -0.39 is 0 Å². The minimum Gasteiger partial charge on any atom is -0.484 e. The van der Waals surface area contributed by atoms with E-state index in [1.807, 2.05) is 53.4 Å². The molecule has 0 bridgehead atoms. The van der Waals surface area contributed by atoms with Crippen molar-refractivity contribution in [2.45, 2.75) is 20.3 Å². The Bertz CT molecular complexity index is 907. The van der Waals surface area contributed by atoms with E-state index in [0.29, 0.717) is 5.75 Å². The van der Waals surface area contributed by atoms with Crippen molar-refractivity contribution in [3.63, 3.8) is 0 Å². The number of thiocarbonyl (C=S) groups is 1. The van der Waals surface area contributed by atoms with Gasteiger partial charge in [-0.2, -0.15) is 0 Å². The molecule has 7 nitrogen and oxygen atoms in total. The Morgan fingerprint density at radius 3 is 2.23 bits per heavy atom. The maximum Gasteiger partial charge on any atom is 0.264 e. The molecule has 0 aliphatic carbocycles. The highest BCUT2D eigenvalue weighted by molar-refractivity contribution is 7.80. The number of benzene rings is 2. The first-order chi connectivity index (χ1) is 14.9. The van der Waals surface area contributed by atoms with Gasteiger partial charge in [-0.25, -0.2) is 0 Å². The Labute approximate surface area is 188 Å². The summed E-state index contributed by atoms with van der Waals surface area (Å²) in [5, 5.41) is 5.85. The lowest BCUT2D eigenvalue weighted by Crippen LogP contribution is -2.48. The van der Waals surface area contributed by atoms with E-state index in [9.17, 15) is 9.59 Å². The number of piperazine rings is 1. The largest absolute Gasteiger partial charge is 0.484 e. The summed E-state index contributed by atoms with van der Waals surface area (Å²) in [5.41, 5.74) is 3.09. The Kier molecular flexibility index (Phi) is 7.83. The van der Waals surface area contributed by atoms with Gasteiger partial charge in [-0.15, -0.1) is 0 Å².